The van der Waals surface area contributed by atoms with Crippen LogP contribution in [0.25, 0.3) is 0 Å². The number of benzene rings is 1. The lowest BCUT2D eigenvalue weighted by Gasteiger charge is -2.22. The van der Waals surface area contributed by atoms with Crippen molar-refractivity contribution >= 4 is 17.5 Å². The van der Waals surface area contributed by atoms with Crippen molar-refractivity contribution in [2.75, 3.05) is 5.32 Å². The van der Waals surface area contributed by atoms with E-state index in [1.807, 2.05) is 31.2 Å². The third-order valence-corrected chi connectivity index (χ3v) is 4.25. The number of carbonyl (C=O) groups is 1. The van der Waals surface area contributed by atoms with Crippen LogP contribution in [0, 0.1) is 6.92 Å². The van der Waals surface area contributed by atoms with Crippen LogP contribution in [-0.4, -0.2) is 21.9 Å². The van der Waals surface area contributed by atoms with Crippen LogP contribution in [0.3, 0.4) is 0 Å². The highest BCUT2D eigenvalue weighted by Crippen LogP contribution is 2.19. The summed E-state index contributed by atoms with van der Waals surface area (Å²) >= 11 is 0. The number of aromatic nitrogens is 2. The quantitative estimate of drug-likeness (QED) is 0.905. The van der Waals surface area contributed by atoms with Crippen LogP contribution >= 0.6 is 0 Å². The van der Waals surface area contributed by atoms with Gasteiger partial charge in [0.15, 0.2) is 0 Å². The van der Waals surface area contributed by atoms with Gasteiger partial charge in [0.1, 0.15) is 0 Å². The highest BCUT2D eigenvalue weighted by atomic mass is 16.1. The Balaban J connectivity index is 1.62. The third-order valence-electron chi connectivity index (χ3n) is 4.25. The summed E-state index contributed by atoms with van der Waals surface area (Å²) in [5, 5.41) is 6.24. The molecule has 23 heavy (non-hydrogen) atoms. The van der Waals surface area contributed by atoms with E-state index in [0.717, 1.165) is 24.1 Å². The first kappa shape index (κ1) is 15.5. The lowest BCUT2D eigenvalue weighted by molar-refractivity contribution is 0.0927. The minimum atomic E-state index is -0.0839. The molecule has 0 bridgehead atoms. The van der Waals surface area contributed by atoms with Gasteiger partial charge in [0, 0.05) is 24.1 Å². The van der Waals surface area contributed by atoms with Gasteiger partial charge in [0.2, 0.25) is 5.95 Å². The zero-order valence-corrected chi connectivity index (χ0v) is 13.4. The molecule has 0 aliphatic heterocycles. The fourth-order valence-electron chi connectivity index (χ4n) is 2.86. The molecule has 1 aliphatic rings. The van der Waals surface area contributed by atoms with Crippen molar-refractivity contribution in [3.05, 3.63) is 47.8 Å². The van der Waals surface area contributed by atoms with Gasteiger partial charge in [-0.1, -0.05) is 37.5 Å². The normalized spacial score (nSPS) is 15.2. The van der Waals surface area contributed by atoms with E-state index in [9.17, 15) is 4.79 Å². The molecule has 0 radical (unpaired) electrons. The maximum absolute atomic E-state index is 12.2. The first-order valence-electron chi connectivity index (χ1n) is 8.18. The Hall–Kier alpha value is -2.43. The summed E-state index contributed by atoms with van der Waals surface area (Å²) in [7, 11) is 0. The maximum Gasteiger partial charge on any atom is 0.254 e. The SMILES string of the molecule is Cc1ccccc1Nc1ncc(C(=O)NC2CCCCC2)cn1. The average Bonchev–Trinajstić information content (AvgIpc) is 2.58. The number of para-hydroxylation sites is 1. The molecule has 1 heterocycles. The minimum absolute atomic E-state index is 0.0839. The molecule has 1 aromatic carbocycles. The molecule has 0 saturated heterocycles. The highest BCUT2D eigenvalue weighted by Gasteiger charge is 2.17. The van der Waals surface area contributed by atoms with Crippen LogP contribution in [0.4, 0.5) is 11.6 Å². The zero-order valence-electron chi connectivity index (χ0n) is 13.4. The van der Waals surface area contributed by atoms with Crippen molar-refractivity contribution in [2.24, 2.45) is 0 Å². The summed E-state index contributed by atoms with van der Waals surface area (Å²) in [4.78, 5) is 20.7. The van der Waals surface area contributed by atoms with Crippen LogP contribution in [-0.2, 0) is 0 Å². The van der Waals surface area contributed by atoms with Crippen LogP contribution in [0.15, 0.2) is 36.7 Å². The number of hydrogen-bond acceptors (Lipinski definition) is 4. The number of nitrogens with one attached hydrogen (secondary N) is 2. The monoisotopic (exact) mass is 310 g/mol. The molecule has 1 amide bonds. The molecule has 0 atom stereocenters. The standard InChI is InChI=1S/C18H22N4O/c1-13-7-5-6-10-16(13)22-18-19-11-14(12-20-18)17(23)21-15-8-3-2-4-9-15/h5-7,10-12,15H,2-4,8-9H2,1H3,(H,21,23)(H,19,20,22). The predicted molar refractivity (Wildman–Crippen MR) is 90.8 cm³/mol. The van der Waals surface area contributed by atoms with Gasteiger partial charge in [-0.15, -0.1) is 0 Å². The van der Waals surface area contributed by atoms with Gasteiger partial charge in [-0.3, -0.25) is 4.79 Å². The largest absolute Gasteiger partial charge is 0.349 e. The van der Waals surface area contributed by atoms with Crippen molar-refractivity contribution in [2.45, 2.75) is 45.1 Å². The molecule has 5 nitrogen and oxygen atoms in total. The molecule has 1 aromatic heterocycles. The highest BCUT2D eigenvalue weighted by molar-refractivity contribution is 5.93. The van der Waals surface area contributed by atoms with Gasteiger partial charge in [-0.05, 0) is 31.4 Å². The van der Waals surface area contributed by atoms with Gasteiger partial charge in [-0.25, -0.2) is 9.97 Å². The van der Waals surface area contributed by atoms with Gasteiger partial charge in [0.25, 0.3) is 5.91 Å². The molecule has 2 aromatic rings. The topological polar surface area (TPSA) is 66.9 Å². The lowest BCUT2D eigenvalue weighted by atomic mass is 9.95. The summed E-state index contributed by atoms with van der Waals surface area (Å²) in [5.41, 5.74) is 2.59. The second-order valence-corrected chi connectivity index (χ2v) is 6.04. The summed E-state index contributed by atoms with van der Waals surface area (Å²) in [6, 6.07) is 8.24. The molecular weight excluding hydrogens is 288 g/mol. The molecule has 5 heteroatoms. The first-order valence-corrected chi connectivity index (χ1v) is 8.18. The van der Waals surface area contributed by atoms with Crippen molar-refractivity contribution in [3.8, 4) is 0 Å². The second kappa shape index (κ2) is 7.22. The van der Waals surface area contributed by atoms with Crippen molar-refractivity contribution < 1.29 is 4.79 Å². The number of aryl methyl sites for hydroxylation is 1. The molecular formula is C18H22N4O. The number of rotatable bonds is 4. The van der Waals surface area contributed by atoms with Crippen LogP contribution in [0.5, 0.6) is 0 Å². The van der Waals surface area contributed by atoms with E-state index < -0.39 is 0 Å². The van der Waals surface area contributed by atoms with Crippen LogP contribution < -0.4 is 10.6 Å². The Kier molecular flexibility index (Phi) is 4.86. The molecule has 1 fully saturated rings. The summed E-state index contributed by atoms with van der Waals surface area (Å²) < 4.78 is 0. The Morgan fingerprint density at radius 2 is 1.78 bits per heavy atom. The van der Waals surface area contributed by atoms with Gasteiger partial charge in [0.05, 0.1) is 5.56 Å². The molecule has 3 rings (SSSR count). The van der Waals surface area contributed by atoms with E-state index in [1.165, 1.54) is 19.3 Å². The number of hydrogen-bond donors (Lipinski definition) is 2. The maximum atomic E-state index is 12.2. The van der Waals surface area contributed by atoms with E-state index in [-0.39, 0.29) is 5.91 Å². The molecule has 0 unspecified atom stereocenters. The smallest absolute Gasteiger partial charge is 0.254 e. The Bertz CT molecular complexity index is 663. The number of amides is 1. The summed E-state index contributed by atoms with van der Waals surface area (Å²) in [6.45, 7) is 2.02. The van der Waals surface area contributed by atoms with E-state index in [2.05, 4.69) is 20.6 Å². The number of anilines is 2. The van der Waals surface area contributed by atoms with E-state index >= 15 is 0 Å². The molecule has 0 spiro atoms. The van der Waals surface area contributed by atoms with Crippen molar-refractivity contribution in [3.63, 3.8) is 0 Å². The lowest BCUT2D eigenvalue weighted by Crippen LogP contribution is -2.36. The van der Waals surface area contributed by atoms with E-state index in [0.29, 0.717) is 17.6 Å². The molecule has 1 saturated carbocycles. The fourth-order valence-corrected chi connectivity index (χ4v) is 2.86. The van der Waals surface area contributed by atoms with Crippen molar-refractivity contribution in [1.82, 2.24) is 15.3 Å². The van der Waals surface area contributed by atoms with E-state index in [1.54, 1.807) is 12.4 Å². The predicted octanol–water partition coefficient (Wildman–Crippen LogP) is 3.59. The summed E-state index contributed by atoms with van der Waals surface area (Å²) in [6.07, 6.45) is 8.95. The Morgan fingerprint density at radius 3 is 2.48 bits per heavy atom. The van der Waals surface area contributed by atoms with E-state index in [4.69, 9.17) is 0 Å². The molecule has 2 N–H and O–H groups in total. The minimum Gasteiger partial charge on any atom is -0.349 e. The fraction of sp³-hybridized carbons (Fsp3) is 0.389. The van der Waals surface area contributed by atoms with Gasteiger partial charge in [-0.2, -0.15) is 0 Å². The molecule has 120 valence electrons. The van der Waals surface area contributed by atoms with Crippen LogP contribution in [0.2, 0.25) is 0 Å². The Morgan fingerprint density at radius 1 is 1.09 bits per heavy atom. The summed E-state index contributed by atoms with van der Waals surface area (Å²) in [5.74, 6) is 0.410. The number of carbonyl (C=O) groups excluding carboxylic acids is 1. The van der Waals surface area contributed by atoms with Crippen molar-refractivity contribution in [1.29, 1.82) is 0 Å². The van der Waals surface area contributed by atoms with Gasteiger partial charge < -0.3 is 10.6 Å². The Labute approximate surface area is 136 Å². The second-order valence-electron chi connectivity index (χ2n) is 6.04. The number of nitrogens with zero attached hydrogens (tertiary/aromatic N) is 2. The van der Waals surface area contributed by atoms with Gasteiger partial charge >= 0.3 is 0 Å². The first-order chi connectivity index (χ1) is 11.2. The van der Waals surface area contributed by atoms with Crippen LogP contribution in [0.1, 0.15) is 48.0 Å². The third kappa shape index (κ3) is 4.06. The zero-order chi connectivity index (χ0) is 16.1. The average molecular weight is 310 g/mol. The molecule has 1 aliphatic carbocycles.